The van der Waals surface area contributed by atoms with Gasteiger partial charge in [0, 0.05) is 17.7 Å². The minimum Gasteiger partial charge on any atom is -0.402 e. The second-order valence-corrected chi connectivity index (χ2v) is 3.37. The van der Waals surface area contributed by atoms with Gasteiger partial charge in [0.15, 0.2) is 5.78 Å². The van der Waals surface area contributed by atoms with Gasteiger partial charge in [-0.1, -0.05) is 12.1 Å². The molecule has 0 bridgehead atoms. The molecule has 2 nitrogen and oxygen atoms in total. The third kappa shape index (κ3) is 1.35. The SMILES string of the molecule is CC(=O)c1ccc2c(c1)C=C(N)C2. The summed E-state index contributed by atoms with van der Waals surface area (Å²) >= 11 is 0. The number of hydrogen-bond donors (Lipinski definition) is 1. The van der Waals surface area contributed by atoms with E-state index >= 15 is 0 Å². The van der Waals surface area contributed by atoms with Gasteiger partial charge in [-0.05, 0) is 30.2 Å². The van der Waals surface area contributed by atoms with E-state index < -0.39 is 0 Å². The van der Waals surface area contributed by atoms with Gasteiger partial charge >= 0.3 is 0 Å². The summed E-state index contributed by atoms with van der Waals surface area (Å²) in [5, 5.41) is 0. The van der Waals surface area contributed by atoms with Crippen LogP contribution in [0.2, 0.25) is 0 Å². The van der Waals surface area contributed by atoms with Crippen molar-refractivity contribution in [3.05, 3.63) is 40.6 Å². The zero-order valence-corrected chi connectivity index (χ0v) is 7.50. The molecule has 0 radical (unpaired) electrons. The molecule has 66 valence electrons. The molecule has 1 aromatic rings. The fraction of sp³-hybridized carbons (Fsp3) is 0.182. The summed E-state index contributed by atoms with van der Waals surface area (Å²) in [7, 11) is 0. The topological polar surface area (TPSA) is 43.1 Å². The molecule has 1 aromatic carbocycles. The van der Waals surface area contributed by atoms with Crippen LogP contribution < -0.4 is 5.73 Å². The van der Waals surface area contributed by atoms with Crippen LogP contribution in [0, 0.1) is 0 Å². The van der Waals surface area contributed by atoms with Crippen LogP contribution in [0.25, 0.3) is 6.08 Å². The molecule has 0 aliphatic heterocycles. The number of rotatable bonds is 1. The number of nitrogens with two attached hydrogens (primary N) is 1. The highest BCUT2D eigenvalue weighted by atomic mass is 16.1. The summed E-state index contributed by atoms with van der Waals surface area (Å²) in [6.45, 7) is 1.57. The normalized spacial score (nSPS) is 13.8. The third-order valence-corrected chi connectivity index (χ3v) is 2.29. The van der Waals surface area contributed by atoms with E-state index in [1.165, 1.54) is 5.56 Å². The number of fused-ring (bicyclic) bond motifs is 1. The van der Waals surface area contributed by atoms with Crippen molar-refractivity contribution in [2.24, 2.45) is 5.73 Å². The molecule has 0 heterocycles. The lowest BCUT2D eigenvalue weighted by atomic mass is 10.0. The monoisotopic (exact) mass is 173 g/mol. The fourth-order valence-corrected chi connectivity index (χ4v) is 1.58. The van der Waals surface area contributed by atoms with Gasteiger partial charge in [0.25, 0.3) is 0 Å². The number of allylic oxidation sites excluding steroid dienone is 1. The van der Waals surface area contributed by atoms with Crippen LogP contribution in [0.15, 0.2) is 23.9 Å². The smallest absolute Gasteiger partial charge is 0.159 e. The van der Waals surface area contributed by atoms with Crippen molar-refractivity contribution in [2.45, 2.75) is 13.3 Å². The maximum absolute atomic E-state index is 11.1. The van der Waals surface area contributed by atoms with E-state index in [1.54, 1.807) is 6.92 Å². The largest absolute Gasteiger partial charge is 0.402 e. The maximum atomic E-state index is 11.1. The Balaban J connectivity index is 2.49. The minimum atomic E-state index is 0.0988. The molecule has 13 heavy (non-hydrogen) atoms. The van der Waals surface area contributed by atoms with Crippen molar-refractivity contribution >= 4 is 11.9 Å². The van der Waals surface area contributed by atoms with E-state index in [1.807, 2.05) is 24.3 Å². The molecule has 2 heteroatoms. The Hall–Kier alpha value is -1.57. The van der Waals surface area contributed by atoms with Crippen LogP contribution in [0.5, 0.6) is 0 Å². The summed E-state index contributed by atoms with van der Waals surface area (Å²) in [4.78, 5) is 11.1. The van der Waals surface area contributed by atoms with Crippen molar-refractivity contribution < 1.29 is 4.79 Å². The van der Waals surface area contributed by atoms with Gasteiger partial charge < -0.3 is 5.73 Å². The number of carbonyl (C=O) groups excluding carboxylic acids is 1. The van der Waals surface area contributed by atoms with Crippen molar-refractivity contribution in [3.63, 3.8) is 0 Å². The van der Waals surface area contributed by atoms with E-state index in [9.17, 15) is 4.79 Å². The molecular weight excluding hydrogens is 162 g/mol. The lowest BCUT2D eigenvalue weighted by molar-refractivity contribution is 0.101. The quantitative estimate of drug-likeness (QED) is 0.657. The van der Waals surface area contributed by atoms with Gasteiger partial charge in [-0.25, -0.2) is 0 Å². The zero-order chi connectivity index (χ0) is 9.42. The second-order valence-electron chi connectivity index (χ2n) is 3.37. The van der Waals surface area contributed by atoms with Crippen LogP contribution in [-0.4, -0.2) is 5.78 Å². The standard InChI is InChI=1S/C11H11NO/c1-7(13)8-2-3-9-5-11(12)6-10(9)4-8/h2-4,6H,5,12H2,1H3. The van der Waals surface area contributed by atoms with E-state index in [2.05, 4.69) is 0 Å². The van der Waals surface area contributed by atoms with E-state index in [4.69, 9.17) is 5.73 Å². The Labute approximate surface area is 77.1 Å². The highest BCUT2D eigenvalue weighted by Gasteiger charge is 2.11. The summed E-state index contributed by atoms with van der Waals surface area (Å²) in [6.07, 6.45) is 2.75. The Morgan fingerprint density at radius 3 is 2.92 bits per heavy atom. The van der Waals surface area contributed by atoms with E-state index in [0.29, 0.717) is 0 Å². The lowest BCUT2D eigenvalue weighted by Crippen LogP contribution is -1.95. The molecule has 1 aliphatic rings. The molecule has 1 aliphatic carbocycles. The van der Waals surface area contributed by atoms with Gasteiger partial charge in [-0.15, -0.1) is 0 Å². The molecule has 2 rings (SSSR count). The van der Waals surface area contributed by atoms with Crippen LogP contribution in [0.1, 0.15) is 28.4 Å². The van der Waals surface area contributed by atoms with Gasteiger partial charge in [0.05, 0.1) is 0 Å². The molecule has 2 N–H and O–H groups in total. The average molecular weight is 173 g/mol. The van der Waals surface area contributed by atoms with Crippen molar-refractivity contribution in [2.75, 3.05) is 0 Å². The van der Waals surface area contributed by atoms with Crippen LogP contribution in [0.4, 0.5) is 0 Å². The lowest BCUT2D eigenvalue weighted by Gasteiger charge is -2.00. The average Bonchev–Trinajstić information content (AvgIpc) is 2.42. The third-order valence-electron chi connectivity index (χ3n) is 2.29. The molecule has 0 amide bonds. The van der Waals surface area contributed by atoms with Crippen LogP contribution in [0.3, 0.4) is 0 Å². The number of Topliss-reactive ketones (excluding diaryl/α,β-unsaturated/α-hetero) is 1. The Morgan fingerprint density at radius 2 is 2.23 bits per heavy atom. The van der Waals surface area contributed by atoms with Crippen LogP contribution in [-0.2, 0) is 6.42 Å². The van der Waals surface area contributed by atoms with E-state index in [-0.39, 0.29) is 5.78 Å². The molecule has 0 saturated heterocycles. The molecule has 0 spiro atoms. The fourth-order valence-electron chi connectivity index (χ4n) is 1.58. The molecule has 0 fully saturated rings. The van der Waals surface area contributed by atoms with Gasteiger partial charge in [0.2, 0.25) is 0 Å². The van der Waals surface area contributed by atoms with Gasteiger partial charge in [-0.3, -0.25) is 4.79 Å². The molecule has 0 saturated carbocycles. The first-order chi connectivity index (χ1) is 6.16. The van der Waals surface area contributed by atoms with E-state index in [0.717, 1.165) is 23.2 Å². The number of ketones is 1. The number of carbonyl (C=O) groups is 1. The number of hydrogen-bond acceptors (Lipinski definition) is 2. The first-order valence-electron chi connectivity index (χ1n) is 4.27. The van der Waals surface area contributed by atoms with Gasteiger partial charge in [-0.2, -0.15) is 0 Å². The first kappa shape index (κ1) is 8.05. The second kappa shape index (κ2) is 2.73. The van der Waals surface area contributed by atoms with Gasteiger partial charge in [0.1, 0.15) is 0 Å². The molecule has 0 atom stereocenters. The number of benzene rings is 1. The zero-order valence-electron chi connectivity index (χ0n) is 7.50. The predicted octanol–water partition coefficient (Wildman–Crippen LogP) is 1.74. The summed E-state index contributed by atoms with van der Waals surface area (Å²) in [5.74, 6) is 0.0988. The Bertz CT molecular complexity index is 405. The predicted molar refractivity (Wildman–Crippen MR) is 52.3 cm³/mol. The minimum absolute atomic E-state index is 0.0988. The summed E-state index contributed by atoms with van der Waals surface area (Å²) in [5.41, 5.74) is 9.61. The molecule has 0 aromatic heterocycles. The first-order valence-corrected chi connectivity index (χ1v) is 4.27. The Kier molecular flexibility index (Phi) is 1.69. The summed E-state index contributed by atoms with van der Waals surface area (Å²) < 4.78 is 0. The Morgan fingerprint density at radius 1 is 1.46 bits per heavy atom. The highest BCUT2D eigenvalue weighted by Crippen LogP contribution is 2.23. The van der Waals surface area contributed by atoms with Crippen LogP contribution >= 0.6 is 0 Å². The van der Waals surface area contributed by atoms with Crippen molar-refractivity contribution in [3.8, 4) is 0 Å². The maximum Gasteiger partial charge on any atom is 0.159 e. The molecular formula is C11H11NO. The van der Waals surface area contributed by atoms with Crippen molar-refractivity contribution in [1.29, 1.82) is 0 Å². The molecule has 0 unspecified atom stereocenters. The van der Waals surface area contributed by atoms with Crippen molar-refractivity contribution in [1.82, 2.24) is 0 Å². The highest BCUT2D eigenvalue weighted by molar-refractivity contribution is 5.95. The summed E-state index contributed by atoms with van der Waals surface area (Å²) in [6, 6.07) is 5.73.